The Hall–Kier alpha value is -1.88. The molecular weight excluding hydrogens is 256 g/mol. The third-order valence-corrected chi connectivity index (χ3v) is 3.68. The van der Waals surface area contributed by atoms with Crippen LogP contribution in [0.3, 0.4) is 0 Å². The fourth-order valence-corrected chi connectivity index (χ4v) is 2.58. The lowest BCUT2D eigenvalue weighted by atomic mass is 10.0. The maximum Gasteiger partial charge on any atom is 0.326 e. The number of hydrogen-bond donors (Lipinski definition) is 2. The average Bonchev–Trinajstić information content (AvgIpc) is 2.47. The van der Waals surface area contributed by atoms with Gasteiger partial charge in [0.1, 0.15) is 6.04 Å². The number of carboxylic acid groups (broad SMARTS) is 1. The van der Waals surface area contributed by atoms with E-state index in [2.05, 4.69) is 0 Å². The van der Waals surface area contributed by atoms with Crippen LogP contribution in [0.25, 0.3) is 0 Å². The van der Waals surface area contributed by atoms with Crippen LogP contribution >= 0.6 is 0 Å². The van der Waals surface area contributed by atoms with Crippen LogP contribution in [0.2, 0.25) is 0 Å². The molecule has 0 radical (unpaired) electrons. The lowest BCUT2D eigenvalue weighted by Gasteiger charge is -2.33. The second-order valence-electron chi connectivity index (χ2n) is 5.08. The largest absolute Gasteiger partial charge is 0.480 e. The van der Waals surface area contributed by atoms with Gasteiger partial charge in [-0.3, -0.25) is 4.79 Å². The zero-order chi connectivity index (χ0) is 14.5. The molecule has 3 N–H and O–H groups in total. The van der Waals surface area contributed by atoms with Crippen molar-refractivity contribution in [2.75, 3.05) is 13.1 Å². The zero-order valence-corrected chi connectivity index (χ0v) is 11.4. The highest BCUT2D eigenvalue weighted by Gasteiger charge is 2.32. The standard InChI is InChI=1S/C15H20N2O3/c16-9-8-11-4-6-12(7-5-11)14(18)17-10-2-1-3-13(17)15(19)20/h4-7,13H,1-3,8-10,16H2,(H,19,20)/t13-/m0/s1. The fraction of sp³-hybridized carbons (Fsp3) is 0.467. The third-order valence-electron chi connectivity index (χ3n) is 3.68. The van der Waals surface area contributed by atoms with Crippen LogP contribution in [0.4, 0.5) is 0 Å². The first-order valence-electron chi connectivity index (χ1n) is 6.96. The second-order valence-corrected chi connectivity index (χ2v) is 5.08. The van der Waals surface area contributed by atoms with Gasteiger partial charge in [-0.1, -0.05) is 12.1 Å². The van der Waals surface area contributed by atoms with Gasteiger partial charge in [0.05, 0.1) is 0 Å². The summed E-state index contributed by atoms with van der Waals surface area (Å²) in [6.07, 6.45) is 3.03. The van der Waals surface area contributed by atoms with Crippen molar-refractivity contribution in [2.45, 2.75) is 31.7 Å². The average molecular weight is 276 g/mol. The highest BCUT2D eigenvalue weighted by molar-refractivity contribution is 5.96. The van der Waals surface area contributed by atoms with Crippen molar-refractivity contribution in [1.29, 1.82) is 0 Å². The van der Waals surface area contributed by atoms with Gasteiger partial charge < -0.3 is 15.7 Å². The Morgan fingerprint density at radius 3 is 2.55 bits per heavy atom. The maximum absolute atomic E-state index is 12.4. The number of benzene rings is 1. The second kappa shape index (κ2) is 6.52. The molecule has 0 bridgehead atoms. The number of rotatable bonds is 4. The molecule has 1 amide bonds. The van der Waals surface area contributed by atoms with Crippen molar-refractivity contribution >= 4 is 11.9 Å². The number of nitrogens with zero attached hydrogens (tertiary/aromatic N) is 1. The molecule has 20 heavy (non-hydrogen) atoms. The van der Waals surface area contributed by atoms with E-state index in [1.165, 1.54) is 4.90 Å². The predicted octanol–water partition coefficient (Wildman–Crippen LogP) is 1.27. The fourth-order valence-electron chi connectivity index (χ4n) is 2.58. The molecule has 0 saturated carbocycles. The molecule has 1 atom stereocenters. The zero-order valence-electron chi connectivity index (χ0n) is 11.4. The highest BCUT2D eigenvalue weighted by Crippen LogP contribution is 2.20. The summed E-state index contributed by atoms with van der Waals surface area (Å²) in [5.74, 6) is -1.12. The molecule has 0 aromatic heterocycles. The van der Waals surface area contributed by atoms with E-state index in [4.69, 9.17) is 5.73 Å². The molecule has 2 rings (SSSR count). The number of nitrogens with two attached hydrogens (primary N) is 1. The molecule has 1 aromatic carbocycles. The van der Waals surface area contributed by atoms with Gasteiger partial charge in [0.15, 0.2) is 0 Å². The molecule has 0 aliphatic carbocycles. The van der Waals surface area contributed by atoms with E-state index in [-0.39, 0.29) is 5.91 Å². The molecule has 108 valence electrons. The molecule has 1 aromatic rings. The van der Waals surface area contributed by atoms with Gasteiger partial charge in [-0.2, -0.15) is 0 Å². The first-order chi connectivity index (χ1) is 9.63. The summed E-state index contributed by atoms with van der Waals surface area (Å²) < 4.78 is 0. The summed E-state index contributed by atoms with van der Waals surface area (Å²) in [6.45, 7) is 1.08. The summed E-state index contributed by atoms with van der Waals surface area (Å²) in [6, 6.07) is 6.56. The van der Waals surface area contributed by atoms with Crippen molar-refractivity contribution in [1.82, 2.24) is 4.90 Å². The summed E-state index contributed by atoms with van der Waals surface area (Å²) in [5.41, 5.74) is 7.11. The topological polar surface area (TPSA) is 83.6 Å². The monoisotopic (exact) mass is 276 g/mol. The van der Waals surface area contributed by atoms with Gasteiger partial charge in [0, 0.05) is 12.1 Å². The Bertz CT molecular complexity index is 484. The number of carbonyl (C=O) groups is 2. The van der Waals surface area contributed by atoms with Crippen LogP contribution in [0.1, 0.15) is 35.2 Å². The number of amides is 1. The van der Waals surface area contributed by atoms with Gasteiger partial charge in [-0.25, -0.2) is 4.79 Å². The third kappa shape index (κ3) is 3.17. The van der Waals surface area contributed by atoms with Crippen molar-refractivity contribution in [3.63, 3.8) is 0 Å². The Labute approximate surface area is 118 Å². The summed E-state index contributed by atoms with van der Waals surface area (Å²) in [4.78, 5) is 25.1. The number of likely N-dealkylation sites (tertiary alicyclic amines) is 1. The number of piperidine rings is 1. The number of aliphatic carboxylic acids is 1. The molecule has 5 heteroatoms. The lowest BCUT2D eigenvalue weighted by Crippen LogP contribution is -2.47. The van der Waals surface area contributed by atoms with E-state index in [1.807, 2.05) is 12.1 Å². The van der Waals surface area contributed by atoms with Crippen molar-refractivity contribution in [3.05, 3.63) is 35.4 Å². The van der Waals surface area contributed by atoms with Gasteiger partial charge in [0.25, 0.3) is 5.91 Å². The minimum absolute atomic E-state index is 0.198. The van der Waals surface area contributed by atoms with Crippen molar-refractivity contribution < 1.29 is 14.7 Å². The summed E-state index contributed by atoms with van der Waals surface area (Å²) >= 11 is 0. The van der Waals surface area contributed by atoms with Crippen LogP contribution in [-0.2, 0) is 11.2 Å². The number of carboxylic acids is 1. The van der Waals surface area contributed by atoms with E-state index in [0.29, 0.717) is 25.1 Å². The van der Waals surface area contributed by atoms with Gasteiger partial charge >= 0.3 is 5.97 Å². The van der Waals surface area contributed by atoms with Crippen LogP contribution in [0.15, 0.2) is 24.3 Å². The van der Waals surface area contributed by atoms with Crippen molar-refractivity contribution in [3.8, 4) is 0 Å². The Kier molecular flexibility index (Phi) is 4.74. The molecule has 1 aliphatic rings. The molecule has 1 aliphatic heterocycles. The predicted molar refractivity (Wildman–Crippen MR) is 75.5 cm³/mol. The molecule has 0 spiro atoms. The first kappa shape index (κ1) is 14.5. The molecule has 0 unspecified atom stereocenters. The minimum Gasteiger partial charge on any atom is -0.480 e. The Morgan fingerprint density at radius 2 is 1.95 bits per heavy atom. The number of hydrogen-bond acceptors (Lipinski definition) is 3. The van der Waals surface area contributed by atoms with Crippen LogP contribution in [0, 0.1) is 0 Å². The van der Waals surface area contributed by atoms with Gasteiger partial charge in [-0.05, 0) is 49.9 Å². The minimum atomic E-state index is -0.919. The normalized spacial score (nSPS) is 18.9. The molecule has 1 fully saturated rings. The Balaban J connectivity index is 2.14. The number of carbonyl (C=O) groups excluding carboxylic acids is 1. The smallest absolute Gasteiger partial charge is 0.326 e. The highest BCUT2D eigenvalue weighted by atomic mass is 16.4. The van der Waals surface area contributed by atoms with E-state index in [1.54, 1.807) is 12.1 Å². The van der Waals surface area contributed by atoms with E-state index in [9.17, 15) is 14.7 Å². The summed E-state index contributed by atoms with van der Waals surface area (Å²) in [7, 11) is 0. The van der Waals surface area contributed by atoms with Crippen LogP contribution < -0.4 is 5.73 Å². The quantitative estimate of drug-likeness (QED) is 0.867. The van der Waals surface area contributed by atoms with E-state index >= 15 is 0 Å². The SMILES string of the molecule is NCCc1ccc(C(=O)N2CCCC[C@H]2C(=O)O)cc1. The molecular formula is C15H20N2O3. The Morgan fingerprint density at radius 1 is 1.25 bits per heavy atom. The van der Waals surface area contributed by atoms with Gasteiger partial charge in [0.2, 0.25) is 0 Å². The van der Waals surface area contributed by atoms with E-state index in [0.717, 1.165) is 24.8 Å². The van der Waals surface area contributed by atoms with Crippen LogP contribution in [-0.4, -0.2) is 41.0 Å². The molecule has 1 heterocycles. The van der Waals surface area contributed by atoms with Crippen molar-refractivity contribution in [2.24, 2.45) is 5.73 Å². The molecule has 1 saturated heterocycles. The van der Waals surface area contributed by atoms with Gasteiger partial charge in [-0.15, -0.1) is 0 Å². The first-order valence-corrected chi connectivity index (χ1v) is 6.96. The van der Waals surface area contributed by atoms with Crippen LogP contribution in [0.5, 0.6) is 0 Å². The summed E-state index contributed by atoms with van der Waals surface area (Å²) in [5, 5.41) is 9.21. The lowest BCUT2D eigenvalue weighted by molar-refractivity contribution is -0.143. The van der Waals surface area contributed by atoms with E-state index < -0.39 is 12.0 Å². The maximum atomic E-state index is 12.4. The molecule has 5 nitrogen and oxygen atoms in total.